The number of unbranched alkanes of at least 4 members (excludes halogenated alkanes) is 55. The first-order chi connectivity index (χ1) is 50.9. The minimum atomic E-state index is -4.97. The molecule has 17 nitrogen and oxygen atoms in total. The van der Waals surface area contributed by atoms with Crippen LogP contribution in [0.25, 0.3) is 0 Å². The van der Waals surface area contributed by atoms with Gasteiger partial charge >= 0.3 is 39.5 Å². The zero-order chi connectivity index (χ0) is 77.1. The molecule has 19 heteroatoms. The van der Waals surface area contributed by atoms with E-state index in [2.05, 4.69) is 41.5 Å². The Bertz CT molecular complexity index is 2010. The summed E-state index contributed by atoms with van der Waals surface area (Å²) >= 11 is 0. The molecule has 0 bridgehead atoms. The van der Waals surface area contributed by atoms with Gasteiger partial charge in [0.25, 0.3) is 0 Å². The van der Waals surface area contributed by atoms with E-state index in [1.54, 1.807) is 0 Å². The summed E-state index contributed by atoms with van der Waals surface area (Å²) in [6, 6.07) is 0. The SMILES string of the molecule is CCCCCCCCCCCCCCCCCCCCCCCCC(=O)O[C@H](COC(=O)CCCCCCCCCCCCCCCCCCCCC)COP(=O)(O)OC[C@@H](O)COP(=O)(O)OC[C@@H](COC(=O)CCCCCCCCCC(C)C)OC(=O)CCCCCCCCCCCCCC(C)C. The van der Waals surface area contributed by atoms with Gasteiger partial charge in [0.1, 0.15) is 19.3 Å². The number of hydrogen-bond donors (Lipinski definition) is 3. The van der Waals surface area contributed by atoms with Gasteiger partial charge in [0.05, 0.1) is 26.4 Å². The molecule has 0 saturated carbocycles. The molecule has 0 aliphatic heterocycles. The van der Waals surface area contributed by atoms with E-state index in [1.165, 1.54) is 270 Å². The van der Waals surface area contributed by atoms with Crippen LogP contribution in [0, 0.1) is 11.8 Å². The number of phosphoric acid groups is 2. The molecule has 624 valence electrons. The van der Waals surface area contributed by atoms with Crippen LogP contribution in [0.5, 0.6) is 0 Å². The van der Waals surface area contributed by atoms with Crippen LogP contribution in [0.2, 0.25) is 0 Å². The first kappa shape index (κ1) is 103. The molecule has 0 fully saturated rings. The van der Waals surface area contributed by atoms with Crippen molar-refractivity contribution in [1.29, 1.82) is 0 Å². The van der Waals surface area contributed by atoms with Crippen LogP contribution in [0.1, 0.15) is 459 Å². The summed E-state index contributed by atoms with van der Waals surface area (Å²) in [4.78, 5) is 73.2. The van der Waals surface area contributed by atoms with Crippen molar-refractivity contribution in [2.24, 2.45) is 11.8 Å². The Morgan fingerprint density at radius 1 is 0.257 bits per heavy atom. The van der Waals surface area contributed by atoms with Crippen LogP contribution < -0.4 is 0 Å². The highest BCUT2D eigenvalue weighted by Crippen LogP contribution is 2.45. The molecule has 5 atom stereocenters. The summed E-state index contributed by atoms with van der Waals surface area (Å²) in [5, 5.41) is 10.7. The van der Waals surface area contributed by atoms with Gasteiger partial charge < -0.3 is 33.8 Å². The van der Waals surface area contributed by atoms with Crippen LogP contribution >= 0.6 is 15.6 Å². The number of aliphatic hydroxyl groups excluding tert-OH is 1. The molecule has 105 heavy (non-hydrogen) atoms. The number of phosphoric ester groups is 2. The molecule has 0 spiro atoms. The van der Waals surface area contributed by atoms with Crippen molar-refractivity contribution in [2.75, 3.05) is 39.6 Å². The lowest BCUT2D eigenvalue weighted by Gasteiger charge is -2.21. The molecule has 0 aromatic carbocycles. The Morgan fingerprint density at radius 3 is 0.648 bits per heavy atom. The zero-order valence-corrected chi connectivity index (χ0v) is 70.8. The molecular formula is C86H168O17P2. The molecule has 0 aliphatic rings. The second-order valence-corrected chi connectivity index (χ2v) is 34.8. The third-order valence-electron chi connectivity index (χ3n) is 20.2. The fraction of sp³-hybridized carbons (Fsp3) is 0.953. The van der Waals surface area contributed by atoms with Gasteiger partial charge in [-0.2, -0.15) is 0 Å². The van der Waals surface area contributed by atoms with Crippen molar-refractivity contribution >= 4 is 39.5 Å². The van der Waals surface area contributed by atoms with Crippen LogP contribution in [0.4, 0.5) is 0 Å². The maximum Gasteiger partial charge on any atom is 0.472 e. The zero-order valence-electron chi connectivity index (χ0n) is 69.0. The fourth-order valence-corrected chi connectivity index (χ4v) is 15.0. The van der Waals surface area contributed by atoms with Gasteiger partial charge in [0, 0.05) is 25.7 Å². The van der Waals surface area contributed by atoms with Gasteiger partial charge in [0.15, 0.2) is 12.2 Å². The van der Waals surface area contributed by atoms with E-state index >= 15 is 0 Å². The fourth-order valence-electron chi connectivity index (χ4n) is 13.4. The number of ether oxygens (including phenoxy) is 4. The molecule has 0 saturated heterocycles. The lowest BCUT2D eigenvalue weighted by atomic mass is 10.0. The second kappa shape index (κ2) is 77.4. The van der Waals surface area contributed by atoms with Gasteiger partial charge in [-0.05, 0) is 37.5 Å². The van der Waals surface area contributed by atoms with Gasteiger partial charge in [-0.1, -0.05) is 408 Å². The highest BCUT2D eigenvalue weighted by molar-refractivity contribution is 7.47. The van der Waals surface area contributed by atoms with Crippen LogP contribution in [-0.2, 0) is 65.4 Å². The van der Waals surface area contributed by atoms with Crippen molar-refractivity contribution in [2.45, 2.75) is 477 Å². The van der Waals surface area contributed by atoms with Crippen LogP contribution in [-0.4, -0.2) is 96.7 Å². The molecule has 0 radical (unpaired) electrons. The van der Waals surface area contributed by atoms with Crippen LogP contribution in [0.3, 0.4) is 0 Å². The number of carbonyl (C=O) groups excluding carboxylic acids is 4. The Morgan fingerprint density at radius 2 is 0.438 bits per heavy atom. The Hall–Kier alpha value is -1.94. The van der Waals surface area contributed by atoms with Crippen molar-refractivity contribution in [3.8, 4) is 0 Å². The van der Waals surface area contributed by atoms with Crippen molar-refractivity contribution < 1.29 is 80.2 Å². The molecule has 2 unspecified atom stereocenters. The largest absolute Gasteiger partial charge is 0.472 e. The summed E-state index contributed by atoms with van der Waals surface area (Å²) in [7, 11) is -9.93. The summed E-state index contributed by atoms with van der Waals surface area (Å²) in [6.45, 7) is 9.60. The summed E-state index contributed by atoms with van der Waals surface area (Å²) < 4.78 is 68.9. The molecule has 0 aromatic heterocycles. The number of aliphatic hydroxyl groups is 1. The van der Waals surface area contributed by atoms with Crippen molar-refractivity contribution in [1.82, 2.24) is 0 Å². The molecule has 0 aliphatic carbocycles. The molecule has 3 N–H and O–H groups in total. The minimum absolute atomic E-state index is 0.106. The first-order valence-electron chi connectivity index (χ1n) is 44.5. The smallest absolute Gasteiger partial charge is 0.462 e. The average Bonchev–Trinajstić information content (AvgIpc) is 0.914. The number of hydrogen-bond acceptors (Lipinski definition) is 15. The average molecular weight is 1540 g/mol. The normalized spacial score (nSPS) is 13.8. The molecular weight excluding hydrogens is 1370 g/mol. The number of rotatable bonds is 85. The maximum absolute atomic E-state index is 13.1. The summed E-state index contributed by atoms with van der Waals surface area (Å²) in [5.41, 5.74) is 0. The maximum atomic E-state index is 13.1. The van der Waals surface area contributed by atoms with Gasteiger partial charge in [-0.3, -0.25) is 37.3 Å². The van der Waals surface area contributed by atoms with E-state index in [9.17, 15) is 43.2 Å². The van der Waals surface area contributed by atoms with Crippen LogP contribution in [0.15, 0.2) is 0 Å². The monoisotopic (exact) mass is 1540 g/mol. The van der Waals surface area contributed by atoms with E-state index in [0.29, 0.717) is 31.6 Å². The molecule has 0 rings (SSSR count). The molecule has 0 aromatic rings. The van der Waals surface area contributed by atoms with Gasteiger partial charge in [-0.25, -0.2) is 9.13 Å². The van der Waals surface area contributed by atoms with Gasteiger partial charge in [0.2, 0.25) is 0 Å². The highest BCUT2D eigenvalue weighted by Gasteiger charge is 2.30. The summed E-state index contributed by atoms with van der Waals surface area (Å²) in [6.07, 6.45) is 69.7. The predicted molar refractivity (Wildman–Crippen MR) is 432 cm³/mol. The van der Waals surface area contributed by atoms with Crippen molar-refractivity contribution in [3.63, 3.8) is 0 Å². The Labute approximate surface area is 645 Å². The Balaban J connectivity index is 5.21. The molecule has 0 amide bonds. The number of carbonyl (C=O) groups is 4. The van der Waals surface area contributed by atoms with E-state index in [0.717, 1.165) is 102 Å². The predicted octanol–water partition coefficient (Wildman–Crippen LogP) is 26.2. The van der Waals surface area contributed by atoms with E-state index in [4.69, 9.17) is 37.0 Å². The second-order valence-electron chi connectivity index (χ2n) is 31.9. The third kappa shape index (κ3) is 79.9. The lowest BCUT2D eigenvalue weighted by molar-refractivity contribution is -0.161. The standard InChI is InChI=1S/C86H168O17P2/c1-7-9-11-13-15-17-19-21-23-25-27-28-29-31-33-35-37-41-45-51-58-64-70-85(90)102-81(74-96-83(88)68-62-56-50-44-40-36-34-32-30-26-24-22-20-18-16-14-12-10-8-2)76-100-104(92,93)98-72-80(87)73-99-105(94,95)101-77-82(75-97-84(89)69-63-57-53-47-49-55-61-67-79(5)6)103-86(91)71-65-59-52-46-42-38-39-43-48-54-60-66-78(3)4/h78-82,87H,7-77H2,1-6H3,(H,92,93)(H,94,95)/t80-,81-,82-/m1/s1. The lowest BCUT2D eigenvalue weighted by Crippen LogP contribution is -2.30. The topological polar surface area (TPSA) is 237 Å². The molecule has 0 heterocycles. The van der Waals surface area contributed by atoms with Gasteiger partial charge in [-0.15, -0.1) is 0 Å². The third-order valence-corrected chi connectivity index (χ3v) is 22.1. The quantitative estimate of drug-likeness (QED) is 0.0222. The first-order valence-corrected chi connectivity index (χ1v) is 47.5. The van der Waals surface area contributed by atoms with Crippen molar-refractivity contribution in [3.05, 3.63) is 0 Å². The van der Waals surface area contributed by atoms with E-state index in [-0.39, 0.29) is 25.7 Å². The van der Waals surface area contributed by atoms with E-state index < -0.39 is 97.5 Å². The Kier molecular flexibility index (Phi) is 76.0. The van der Waals surface area contributed by atoms with E-state index in [1.807, 2.05) is 0 Å². The highest BCUT2D eigenvalue weighted by atomic mass is 31.2. The minimum Gasteiger partial charge on any atom is -0.462 e. The summed E-state index contributed by atoms with van der Waals surface area (Å²) in [5.74, 6) is -0.635. The number of esters is 4.